The van der Waals surface area contributed by atoms with Gasteiger partial charge < -0.3 is 19.3 Å². The minimum absolute atomic E-state index is 0.0628. The molecule has 1 aromatic carbocycles. The zero-order valence-electron chi connectivity index (χ0n) is 16.9. The molecule has 1 N–H and O–H groups in total. The van der Waals surface area contributed by atoms with Crippen LogP contribution in [0.2, 0.25) is 0 Å². The Hall–Kier alpha value is -1.83. The number of nitrogens with zero attached hydrogens (tertiary/aromatic N) is 1. The first-order valence-electron chi connectivity index (χ1n) is 9.57. The van der Waals surface area contributed by atoms with Crippen LogP contribution in [0.5, 0.6) is 0 Å². The molecule has 2 aromatic rings. The summed E-state index contributed by atoms with van der Waals surface area (Å²) in [4.78, 5) is 13.7. The number of amides is 1. The summed E-state index contributed by atoms with van der Waals surface area (Å²) in [6, 6.07) is 7.67. The number of ether oxygens (including phenoxy) is 2. The van der Waals surface area contributed by atoms with Crippen LogP contribution >= 0.6 is 11.8 Å². The van der Waals surface area contributed by atoms with E-state index in [0.29, 0.717) is 25.3 Å². The molecule has 7 heteroatoms. The highest BCUT2D eigenvalue weighted by Gasteiger charge is 2.32. The third-order valence-electron chi connectivity index (χ3n) is 4.91. The second-order valence-electron chi connectivity index (χ2n) is 7.44. The third-order valence-corrected chi connectivity index (χ3v) is 6.01. The fraction of sp³-hybridized carbons (Fsp3) is 0.524. The van der Waals surface area contributed by atoms with E-state index in [0.717, 1.165) is 34.1 Å². The fourth-order valence-corrected chi connectivity index (χ4v) is 4.58. The van der Waals surface area contributed by atoms with Crippen LogP contribution < -0.4 is 5.32 Å². The van der Waals surface area contributed by atoms with Gasteiger partial charge >= 0.3 is 0 Å². The number of carbonyl (C=O) groups is 1. The van der Waals surface area contributed by atoms with Crippen molar-refractivity contribution in [3.05, 3.63) is 46.8 Å². The predicted octanol–water partition coefficient (Wildman–Crippen LogP) is 4.10. The molecule has 0 bridgehead atoms. The Morgan fingerprint density at radius 1 is 1.29 bits per heavy atom. The van der Waals surface area contributed by atoms with Crippen LogP contribution in [0.4, 0.5) is 0 Å². The molecule has 1 unspecified atom stereocenters. The molecule has 1 fully saturated rings. The second kappa shape index (κ2) is 9.11. The summed E-state index contributed by atoms with van der Waals surface area (Å²) in [5, 5.41) is 7.05. The third kappa shape index (κ3) is 5.16. The molecule has 1 aromatic heterocycles. The van der Waals surface area contributed by atoms with Gasteiger partial charge in [0.05, 0.1) is 24.5 Å². The number of rotatable bonds is 8. The summed E-state index contributed by atoms with van der Waals surface area (Å²) >= 11 is 1.62. The van der Waals surface area contributed by atoms with Crippen molar-refractivity contribution in [3.63, 3.8) is 0 Å². The highest BCUT2D eigenvalue weighted by atomic mass is 32.2. The zero-order chi connectivity index (χ0) is 20.1. The van der Waals surface area contributed by atoms with Crippen molar-refractivity contribution in [2.45, 2.75) is 50.6 Å². The highest BCUT2D eigenvalue weighted by Crippen LogP contribution is 2.29. The molecule has 2 heterocycles. The molecule has 28 heavy (non-hydrogen) atoms. The van der Waals surface area contributed by atoms with Gasteiger partial charge in [0.2, 0.25) is 0 Å². The summed E-state index contributed by atoms with van der Waals surface area (Å²) in [6.45, 7) is 9.73. The minimum Gasteiger partial charge on any atom is -0.361 e. The summed E-state index contributed by atoms with van der Waals surface area (Å²) in [5.41, 5.74) is 2.66. The zero-order valence-corrected chi connectivity index (χ0v) is 17.7. The number of thioether (sulfide) groups is 1. The SMILES string of the molecule is Cc1noc(C)c1CSc1ccccc1C(=O)NCC(C)CC1(C)OCCO1. The number of aromatic nitrogens is 1. The van der Waals surface area contributed by atoms with E-state index in [4.69, 9.17) is 14.0 Å². The molecule has 1 amide bonds. The normalized spacial score (nSPS) is 16.9. The number of carbonyl (C=O) groups excluding carboxylic acids is 1. The molecule has 0 radical (unpaired) electrons. The van der Waals surface area contributed by atoms with Gasteiger partial charge in [-0.3, -0.25) is 4.79 Å². The molecule has 1 aliphatic rings. The topological polar surface area (TPSA) is 73.6 Å². The van der Waals surface area contributed by atoms with Crippen LogP contribution in [0.25, 0.3) is 0 Å². The van der Waals surface area contributed by atoms with E-state index in [9.17, 15) is 4.79 Å². The lowest BCUT2D eigenvalue weighted by Crippen LogP contribution is -2.34. The molecule has 152 valence electrons. The molecular weight excluding hydrogens is 376 g/mol. The first-order chi connectivity index (χ1) is 13.4. The van der Waals surface area contributed by atoms with Crippen molar-refractivity contribution in [2.24, 2.45) is 5.92 Å². The van der Waals surface area contributed by atoms with E-state index in [1.165, 1.54) is 0 Å². The molecule has 1 aliphatic heterocycles. The Balaban J connectivity index is 1.57. The van der Waals surface area contributed by atoms with E-state index < -0.39 is 5.79 Å². The molecule has 3 rings (SSSR count). The van der Waals surface area contributed by atoms with Crippen LogP contribution in [0.3, 0.4) is 0 Å². The fourth-order valence-electron chi connectivity index (χ4n) is 3.38. The molecule has 6 nitrogen and oxygen atoms in total. The van der Waals surface area contributed by atoms with Crippen molar-refractivity contribution in [1.82, 2.24) is 10.5 Å². The van der Waals surface area contributed by atoms with Crippen LogP contribution in [0.1, 0.15) is 47.6 Å². The van der Waals surface area contributed by atoms with E-state index in [2.05, 4.69) is 17.4 Å². The number of benzene rings is 1. The Labute approximate surface area is 170 Å². The lowest BCUT2D eigenvalue weighted by atomic mass is 10.0. The van der Waals surface area contributed by atoms with Crippen molar-refractivity contribution in [3.8, 4) is 0 Å². The Kier molecular flexibility index (Phi) is 6.80. The highest BCUT2D eigenvalue weighted by molar-refractivity contribution is 7.98. The monoisotopic (exact) mass is 404 g/mol. The van der Waals surface area contributed by atoms with Gasteiger partial charge in [0.25, 0.3) is 5.91 Å². The van der Waals surface area contributed by atoms with Crippen LogP contribution in [-0.2, 0) is 15.2 Å². The molecule has 0 spiro atoms. The van der Waals surface area contributed by atoms with Gasteiger partial charge in [0.15, 0.2) is 5.79 Å². The van der Waals surface area contributed by atoms with Crippen LogP contribution in [0, 0.1) is 19.8 Å². The maximum absolute atomic E-state index is 12.8. The van der Waals surface area contributed by atoms with Gasteiger partial charge in [-0.1, -0.05) is 24.2 Å². The van der Waals surface area contributed by atoms with Crippen molar-refractivity contribution >= 4 is 17.7 Å². The molecule has 1 saturated heterocycles. The van der Waals surface area contributed by atoms with Gasteiger partial charge in [-0.2, -0.15) is 0 Å². The molecular formula is C21H28N2O4S. The number of nitrogens with one attached hydrogen (secondary N) is 1. The van der Waals surface area contributed by atoms with Crippen molar-refractivity contribution in [1.29, 1.82) is 0 Å². The smallest absolute Gasteiger partial charge is 0.252 e. The van der Waals surface area contributed by atoms with Gasteiger partial charge in [0.1, 0.15) is 5.76 Å². The minimum atomic E-state index is -0.535. The predicted molar refractivity (Wildman–Crippen MR) is 108 cm³/mol. The van der Waals surface area contributed by atoms with Gasteiger partial charge in [-0.05, 0) is 38.8 Å². The van der Waals surface area contributed by atoms with Gasteiger partial charge in [-0.25, -0.2) is 0 Å². The summed E-state index contributed by atoms with van der Waals surface area (Å²) in [5.74, 6) is 1.19. The number of hydrogen-bond acceptors (Lipinski definition) is 6. The quantitative estimate of drug-likeness (QED) is 0.668. The van der Waals surface area contributed by atoms with Gasteiger partial charge in [0, 0.05) is 29.2 Å². The first kappa shape index (κ1) is 20.9. The Bertz CT molecular complexity index is 795. The average Bonchev–Trinajstić information content (AvgIpc) is 3.24. The first-order valence-corrected chi connectivity index (χ1v) is 10.6. The van der Waals surface area contributed by atoms with Crippen molar-refractivity contribution < 1.29 is 18.8 Å². The van der Waals surface area contributed by atoms with Crippen LogP contribution in [-0.4, -0.2) is 36.6 Å². The van der Waals surface area contributed by atoms with Gasteiger partial charge in [-0.15, -0.1) is 11.8 Å². The largest absolute Gasteiger partial charge is 0.361 e. The standard InChI is InChI=1S/C21H28N2O4S/c1-14(11-21(4)25-9-10-26-21)12-22-20(24)17-7-5-6-8-19(17)28-13-18-15(2)23-27-16(18)3/h5-8,14H,9-13H2,1-4H3,(H,22,24). The lowest BCUT2D eigenvalue weighted by molar-refractivity contribution is -0.153. The molecule has 0 aliphatic carbocycles. The summed E-state index contributed by atoms with van der Waals surface area (Å²) in [6.07, 6.45) is 0.746. The van der Waals surface area contributed by atoms with Crippen molar-refractivity contribution in [2.75, 3.05) is 19.8 Å². The second-order valence-corrected chi connectivity index (χ2v) is 8.45. The van der Waals surface area contributed by atoms with E-state index in [1.807, 2.05) is 45.0 Å². The van der Waals surface area contributed by atoms with Crippen LogP contribution in [0.15, 0.2) is 33.7 Å². The van der Waals surface area contributed by atoms with E-state index in [1.54, 1.807) is 11.8 Å². The summed E-state index contributed by atoms with van der Waals surface area (Å²) < 4.78 is 16.5. The van der Waals surface area contributed by atoms with E-state index >= 15 is 0 Å². The summed E-state index contributed by atoms with van der Waals surface area (Å²) in [7, 11) is 0. The van der Waals surface area contributed by atoms with E-state index in [-0.39, 0.29) is 11.8 Å². The number of hydrogen-bond donors (Lipinski definition) is 1. The maximum atomic E-state index is 12.8. The number of aryl methyl sites for hydroxylation is 2. The average molecular weight is 405 g/mol. The molecule has 0 saturated carbocycles. The maximum Gasteiger partial charge on any atom is 0.252 e. The molecule has 1 atom stereocenters. The lowest BCUT2D eigenvalue weighted by Gasteiger charge is -2.26. The Morgan fingerprint density at radius 3 is 2.68 bits per heavy atom. The Morgan fingerprint density at radius 2 is 2.00 bits per heavy atom.